The van der Waals surface area contributed by atoms with Crippen molar-refractivity contribution in [3.8, 4) is 0 Å². The summed E-state index contributed by atoms with van der Waals surface area (Å²) in [5.74, 6) is 0. The molecule has 0 fully saturated rings. The van der Waals surface area contributed by atoms with Crippen molar-refractivity contribution in [1.29, 1.82) is 0 Å². The summed E-state index contributed by atoms with van der Waals surface area (Å²) in [6, 6.07) is 0. The van der Waals surface area contributed by atoms with Crippen molar-refractivity contribution in [3.05, 3.63) is 6.33 Å². The first kappa shape index (κ1) is 12.5. The Labute approximate surface area is 94.2 Å². The fraction of sp³-hybridized carbons (Fsp3) is 0.750. The molecular formula is C8H15N3O2S2. The number of hydrogen-bond donors (Lipinski definition) is 0. The largest absolute Gasteiger partial charge is 0.235 e. The van der Waals surface area contributed by atoms with Crippen molar-refractivity contribution in [1.82, 2.24) is 14.8 Å². The zero-order valence-corrected chi connectivity index (χ0v) is 10.9. The number of sulfone groups is 1. The van der Waals surface area contributed by atoms with E-state index in [2.05, 4.69) is 10.1 Å². The van der Waals surface area contributed by atoms with E-state index >= 15 is 0 Å². The normalized spacial score (nSPS) is 13.1. The number of rotatable bonds is 3. The van der Waals surface area contributed by atoms with Crippen molar-refractivity contribution in [2.45, 2.75) is 31.5 Å². The van der Waals surface area contributed by atoms with Crippen LogP contribution in [0.2, 0.25) is 0 Å². The van der Waals surface area contributed by atoms with Crippen LogP contribution in [0.25, 0.3) is 0 Å². The minimum atomic E-state index is -2.98. The molecule has 0 saturated carbocycles. The molecule has 7 heteroatoms. The minimum absolute atomic E-state index is 0.0295. The Morgan fingerprint density at radius 2 is 2.07 bits per heavy atom. The first-order chi connectivity index (χ1) is 6.70. The standard InChI is InChI=1S/C8H15N3O2S2/c1-8(2,3)11-7(9-5-10-11)14-6-15(4,12)13/h5H,6H2,1-4H3. The third kappa shape index (κ3) is 3.83. The predicted octanol–water partition coefficient (Wildman–Crippen LogP) is 1.13. The third-order valence-electron chi connectivity index (χ3n) is 1.55. The van der Waals surface area contributed by atoms with Gasteiger partial charge in [-0.15, -0.1) is 0 Å². The highest BCUT2D eigenvalue weighted by molar-refractivity contribution is 8.12. The molecule has 0 N–H and O–H groups in total. The number of thioether (sulfide) groups is 1. The summed E-state index contributed by atoms with van der Waals surface area (Å²) in [4.78, 5) is 4.04. The molecule has 0 bridgehead atoms. The van der Waals surface area contributed by atoms with Gasteiger partial charge in [0.2, 0.25) is 0 Å². The van der Waals surface area contributed by atoms with E-state index in [0.29, 0.717) is 5.16 Å². The van der Waals surface area contributed by atoms with Gasteiger partial charge < -0.3 is 0 Å². The van der Waals surface area contributed by atoms with Gasteiger partial charge in [-0.3, -0.25) is 0 Å². The summed E-state index contributed by atoms with van der Waals surface area (Å²) in [5, 5.41) is 4.74. The molecular weight excluding hydrogens is 234 g/mol. The van der Waals surface area contributed by atoms with E-state index in [0.717, 1.165) is 0 Å². The molecule has 0 aliphatic carbocycles. The van der Waals surface area contributed by atoms with Crippen LogP contribution in [0.3, 0.4) is 0 Å². The van der Waals surface area contributed by atoms with Crippen LogP contribution >= 0.6 is 11.8 Å². The van der Waals surface area contributed by atoms with E-state index in [1.807, 2.05) is 20.8 Å². The molecule has 0 aromatic carbocycles. The number of aromatic nitrogens is 3. The van der Waals surface area contributed by atoms with Gasteiger partial charge in [-0.25, -0.2) is 18.1 Å². The lowest BCUT2D eigenvalue weighted by Gasteiger charge is -2.20. The Morgan fingerprint density at radius 3 is 2.53 bits per heavy atom. The van der Waals surface area contributed by atoms with E-state index in [1.165, 1.54) is 24.3 Å². The SMILES string of the molecule is CC(C)(C)n1ncnc1SCS(C)(=O)=O. The molecule has 0 radical (unpaired) electrons. The van der Waals surface area contributed by atoms with Crippen molar-refractivity contribution >= 4 is 21.6 Å². The van der Waals surface area contributed by atoms with E-state index in [-0.39, 0.29) is 10.6 Å². The van der Waals surface area contributed by atoms with E-state index in [1.54, 1.807) is 4.68 Å². The monoisotopic (exact) mass is 249 g/mol. The number of nitrogens with zero attached hydrogens (tertiary/aromatic N) is 3. The van der Waals surface area contributed by atoms with Crippen LogP contribution in [0.1, 0.15) is 20.8 Å². The molecule has 0 spiro atoms. The highest BCUT2D eigenvalue weighted by Crippen LogP contribution is 2.22. The minimum Gasteiger partial charge on any atom is -0.235 e. The number of hydrogen-bond acceptors (Lipinski definition) is 5. The summed E-state index contributed by atoms with van der Waals surface area (Å²) in [6.07, 6.45) is 2.65. The zero-order chi connectivity index (χ0) is 11.7. The van der Waals surface area contributed by atoms with Crippen LogP contribution in [0.4, 0.5) is 0 Å². The lowest BCUT2D eigenvalue weighted by molar-refractivity contribution is 0.326. The molecule has 1 aromatic heterocycles. The Hall–Kier alpha value is -0.560. The molecule has 0 aliphatic rings. The van der Waals surface area contributed by atoms with Gasteiger partial charge in [0.05, 0.1) is 5.54 Å². The van der Waals surface area contributed by atoms with E-state index < -0.39 is 9.84 Å². The van der Waals surface area contributed by atoms with Crippen LogP contribution < -0.4 is 0 Å². The van der Waals surface area contributed by atoms with Crippen LogP contribution in [-0.2, 0) is 15.4 Å². The average Bonchev–Trinajstić information content (AvgIpc) is 2.45. The van der Waals surface area contributed by atoms with Gasteiger partial charge in [-0.2, -0.15) is 5.10 Å². The molecule has 1 aromatic rings. The topological polar surface area (TPSA) is 64.8 Å². The third-order valence-corrected chi connectivity index (χ3v) is 4.27. The summed E-state index contributed by atoms with van der Waals surface area (Å²) < 4.78 is 23.7. The molecule has 86 valence electrons. The Kier molecular flexibility index (Phi) is 3.44. The molecule has 5 nitrogen and oxygen atoms in total. The first-order valence-corrected chi connectivity index (χ1v) is 7.46. The van der Waals surface area contributed by atoms with Crippen LogP contribution in [0.15, 0.2) is 11.5 Å². The molecule has 0 saturated heterocycles. The molecule has 0 amide bonds. The van der Waals surface area contributed by atoms with E-state index in [9.17, 15) is 8.42 Å². The molecule has 0 aliphatic heterocycles. The lowest BCUT2D eigenvalue weighted by atomic mass is 10.1. The summed E-state index contributed by atoms with van der Waals surface area (Å²) in [6.45, 7) is 5.98. The van der Waals surface area contributed by atoms with Gasteiger partial charge in [0, 0.05) is 6.26 Å². The fourth-order valence-corrected chi connectivity index (χ4v) is 2.79. The average molecular weight is 249 g/mol. The van der Waals surface area contributed by atoms with Crippen LogP contribution in [0, 0.1) is 0 Å². The Balaban J connectivity index is 2.84. The fourth-order valence-electron chi connectivity index (χ4n) is 0.949. The van der Waals surface area contributed by atoms with Crippen molar-refractivity contribution in [2.75, 3.05) is 11.3 Å². The Bertz CT molecular complexity index is 431. The first-order valence-electron chi connectivity index (χ1n) is 4.41. The second kappa shape index (κ2) is 4.13. The molecule has 0 unspecified atom stereocenters. The summed E-state index contributed by atoms with van der Waals surface area (Å²) in [5.41, 5.74) is -0.184. The predicted molar refractivity (Wildman–Crippen MR) is 60.6 cm³/mol. The quantitative estimate of drug-likeness (QED) is 0.751. The van der Waals surface area contributed by atoms with Crippen molar-refractivity contribution in [2.24, 2.45) is 0 Å². The van der Waals surface area contributed by atoms with Gasteiger partial charge in [0.1, 0.15) is 11.4 Å². The highest BCUT2D eigenvalue weighted by atomic mass is 32.3. The van der Waals surface area contributed by atoms with Gasteiger partial charge >= 0.3 is 0 Å². The van der Waals surface area contributed by atoms with Gasteiger partial charge in [0.15, 0.2) is 15.0 Å². The summed E-state index contributed by atoms with van der Waals surface area (Å²) in [7, 11) is -2.98. The second-order valence-electron chi connectivity index (χ2n) is 4.31. The van der Waals surface area contributed by atoms with Gasteiger partial charge in [-0.1, -0.05) is 11.8 Å². The van der Waals surface area contributed by atoms with E-state index in [4.69, 9.17) is 0 Å². The highest BCUT2D eigenvalue weighted by Gasteiger charge is 2.19. The molecule has 15 heavy (non-hydrogen) atoms. The maximum absolute atomic E-state index is 11.0. The maximum atomic E-state index is 11.0. The molecule has 1 rings (SSSR count). The Morgan fingerprint density at radius 1 is 1.47 bits per heavy atom. The summed E-state index contributed by atoms with van der Waals surface area (Å²) >= 11 is 1.19. The zero-order valence-electron chi connectivity index (χ0n) is 9.26. The lowest BCUT2D eigenvalue weighted by Crippen LogP contribution is -2.24. The van der Waals surface area contributed by atoms with Gasteiger partial charge in [0.25, 0.3) is 0 Å². The molecule has 0 atom stereocenters. The second-order valence-corrected chi connectivity index (χ2v) is 7.76. The van der Waals surface area contributed by atoms with Crippen LogP contribution in [-0.4, -0.2) is 34.5 Å². The van der Waals surface area contributed by atoms with Crippen molar-refractivity contribution in [3.63, 3.8) is 0 Å². The van der Waals surface area contributed by atoms with Crippen LogP contribution in [0.5, 0.6) is 0 Å². The molecule has 1 heterocycles. The maximum Gasteiger partial charge on any atom is 0.187 e. The van der Waals surface area contributed by atoms with Crippen molar-refractivity contribution < 1.29 is 8.42 Å². The van der Waals surface area contributed by atoms with Gasteiger partial charge in [-0.05, 0) is 20.8 Å². The smallest absolute Gasteiger partial charge is 0.187 e.